The number of nitrogens with one attached hydrogen (secondary N) is 2. The molecule has 2 heterocycles. The fourth-order valence-corrected chi connectivity index (χ4v) is 4.71. The first-order chi connectivity index (χ1) is 16.9. The molecule has 1 aromatic heterocycles. The third-order valence-corrected chi connectivity index (χ3v) is 6.88. The van der Waals surface area contributed by atoms with E-state index < -0.39 is 11.9 Å². The number of likely N-dealkylation sites (tertiary alicyclic amines) is 1. The van der Waals surface area contributed by atoms with Gasteiger partial charge in [0.2, 0.25) is 5.91 Å². The Morgan fingerprint density at radius 1 is 1.00 bits per heavy atom. The van der Waals surface area contributed by atoms with Crippen molar-refractivity contribution in [3.05, 3.63) is 65.2 Å². The van der Waals surface area contributed by atoms with Gasteiger partial charge in [0.05, 0.1) is 12.3 Å². The van der Waals surface area contributed by atoms with Gasteiger partial charge >= 0.3 is 6.03 Å². The highest BCUT2D eigenvalue weighted by molar-refractivity contribution is 7.99. The molecule has 1 aliphatic rings. The molecule has 3 aromatic rings. The Morgan fingerprint density at radius 3 is 2.46 bits per heavy atom. The van der Waals surface area contributed by atoms with Gasteiger partial charge in [-0.3, -0.25) is 19.6 Å². The van der Waals surface area contributed by atoms with Crippen molar-refractivity contribution in [1.82, 2.24) is 25.0 Å². The summed E-state index contributed by atoms with van der Waals surface area (Å²) in [6.45, 7) is 6.56. The van der Waals surface area contributed by atoms with E-state index in [9.17, 15) is 14.0 Å². The zero-order valence-corrected chi connectivity index (χ0v) is 20.7. The summed E-state index contributed by atoms with van der Waals surface area (Å²) in [5.41, 5.74) is 3.50. The first kappa shape index (κ1) is 24.9. The van der Waals surface area contributed by atoms with Crippen molar-refractivity contribution in [1.29, 1.82) is 0 Å². The number of carbonyl (C=O) groups excluding carboxylic acids is 2. The number of imide groups is 1. The summed E-state index contributed by atoms with van der Waals surface area (Å²) in [4.78, 5) is 27.0. The van der Waals surface area contributed by atoms with E-state index in [1.54, 1.807) is 18.2 Å². The second-order valence-corrected chi connectivity index (χ2v) is 9.58. The lowest BCUT2D eigenvalue weighted by molar-refractivity contribution is -0.117. The number of amides is 3. The lowest BCUT2D eigenvalue weighted by Gasteiger charge is -2.26. The zero-order valence-electron chi connectivity index (χ0n) is 19.9. The van der Waals surface area contributed by atoms with Crippen LogP contribution < -0.4 is 10.6 Å². The number of aryl methyl sites for hydroxylation is 2. The molecule has 35 heavy (non-hydrogen) atoms. The Hall–Kier alpha value is -3.24. The molecule has 0 aliphatic carbocycles. The summed E-state index contributed by atoms with van der Waals surface area (Å²) in [5.74, 6) is -0.0807. The molecule has 1 saturated heterocycles. The Morgan fingerprint density at radius 2 is 1.74 bits per heavy atom. The highest BCUT2D eigenvalue weighted by Gasteiger charge is 2.20. The van der Waals surface area contributed by atoms with Crippen molar-refractivity contribution >= 4 is 29.4 Å². The highest BCUT2D eigenvalue weighted by Crippen LogP contribution is 2.24. The Balaban J connectivity index is 1.42. The minimum atomic E-state index is -0.593. The SMILES string of the molecule is Cc1ccc(NC(=O)NC(=O)CSc2nnc(CN3CCCCC3)n2-c2ccc(F)cc2)cc1C. The number of carbonyl (C=O) groups is 2. The minimum absolute atomic E-state index is 0.0244. The van der Waals surface area contributed by atoms with Crippen molar-refractivity contribution < 1.29 is 14.0 Å². The molecular weight excluding hydrogens is 467 g/mol. The maximum atomic E-state index is 13.5. The summed E-state index contributed by atoms with van der Waals surface area (Å²) < 4.78 is 15.4. The number of anilines is 1. The Bertz CT molecular complexity index is 1190. The van der Waals surface area contributed by atoms with E-state index in [0.29, 0.717) is 17.4 Å². The monoisotopic (exact) mass is 496 g/mol. The number of piperidine rings is 1. The van der Waals surface area contributed by atoms with Crippen molar-refractivity contribution in [3.63, 3.8) is 0 Å². The van der Waals surface area contributed by atoms with E-state index in [-0.39, 0.29) is 11.6 Å². The molecule has 0 spiro atoms. The predicted molar refractivity (Wildman–Crippen MR) is 134 cm³/mol. The quantitative estimate of drug-likeness (QED) is 0.470. The molecule has 2 N–H and O–H groups in total. The van der Waals surface area contributed by atoms with Gasteiger partial charge in [-0.15, -0.1) is 10.2 Å². The summed E-state index contributed by atoms with van der Waals surface area (Å²) in [7, 11) is 0. The van der Waals surface area contributed by atoms with Crippen LogP contribution in [0.3, 0.4) is 0 Å². The summed E-state index contributed by atoms with van der Waals surface area (Å²) >= 11 is 1.17. The van der Waals surface area contributed by atoms with E-state index >= 15 is 0 Å². The number of rotatable bonds is 7. The van der Waals surface area contributed by atoms with Gasteiger partial charge in [-0.1, -0.05) is 24.2 Å². The van der Waals surface area contributed by atoms with Crippen molar-refractivity contribution in [3.8, 4) is 5.69 Å². The lowest BCUT2D eigenvalue weighted by Crippen LogP contribution is -2.35. The number of aromatic nitrogens is 3. The maximum absolute atomic E-state index is 13.5. The second-order valence-electron chi connectivity index (χ2n) is 8.64. The van der Waals surface area contributed by atoms with Crippen LogP contribution in [-0.2, 0) is 11.3 Å². The lowest BCUT2D eigenvalue weighted by atomic mass is 10.1. The summed E-state index contributed by atoms with van der Waals surface area (Å²) in [5, 5.41) is 14.2. The number of hydrogen-bond acceptors (Lipinski definition) is 6. The van der Waals surface area contributed by atoms with Crippen LogP contribution in [0.1, 0.15) is 36.2 Å². The Kier molecular flexibility index (Phi) is 8.14. The molecule has 3 amide bonds. The predicted octanol–water partition coefficient (Wildman–Crippen LogP) is 4.45. The van der Waals surface area contributed by atoms with Crippen LogP contribution in [0.2, 0.25) is 0 Å². The van der Waals surface area contributed by atoms with E-state index in [1.807, 2.05) is 30.5 Å². The van der Waals surface area contributed by atoms with E-state index in [4.69, 9.17) is 0 Å². The second kappa shape index (κ2) is 11.5. The molecule has 0 radical (unpaired) electrons. The van der Waals surface area contributed by atoms with E-state index in [1.165, 1.54) is 30.3 Å². The fourth-order valence-electron chi connectivity index (χ4n) is 3.94. The van der Waals surface area contributed by atoms with Crippen LogP contribution in [0.5, 0.6) is 0 Å². The Labute approximate surface area is 208 Å². The van der Waals surface area contributed by atoms with E-state index in [0.717, 1.165) is 48.6 Å². The molecule has 4 rings (SSSR count). The molecule has 10 heteroatoms. The minimum Gasteiger partial charge on any atom is -0.308 e. The normalized spacial score (nSPS) is 14.0. The van der Waals surface area contributed by atoms with Crippen LogP contribution in [0, 0.1) is 19.7 Å². The molecule has 0 bridgehead atoms. The number of nitrogens with zero attached hydrogens (tertiary/aromatic N) is 4. The molecular formula is C25H29FN6O2S. The number of hydrogen-bond donors (Lipinski definition) is 2. The van der Waals surface area contributed by atoms with Gasteiger partial charge < -0.3 is 5.32 Å². The molecule has 8 nitrogen and oxygen atoms in total. The van der Waals surface area contributed by atoms with Crippen molar-refractivity contribution in [2.24, 2.45) is 0 Å². The van der Waals surface area contributed by atoms with Gasteiger partial charge in [-0.2, -0.15) is 0 Å². The van der Waals surface area contributed by atoms with Crippen molar-refractivity contribution in [2.75, 3.05) is 24.2 Å². The zero-order chi connectivity index (χ0) is 24.8. The fraction of sp³-hybridized carbons (Fsp3) is 0.360. The number of thioether (sulfide) groups is 1. The standard InChI is InChI=1S/C25H29FN6O2S/c1-17-6-9-20(14-18(17)2)27-24(34)28-23(33)16-35-25-30-29-22(15-31-12-4-3-5-13-31)32(25)21-10-7-19(26)8-11-21/h6-11,14H,3-5,12-13,15-16H2,1-2H3,(H2,27,28,33,34). The van der Waals surface area contributed by atoms with Gasteiger partial charge in [0.25, 0.3) is 0 Å². The smallest absolute Gasteiger partial charge is 0.308 e. The van der Waals surface area contributed by atoms with Crippen molar-refractivity contribution in [2.45, 2.75) is 44.8 Å². The molecule has 1 fully saturated rings. The summed E-state index contributed by atoms with van der Waals surface area (Å²) in [6.07, 6.45) is 3.53. The molecule has 1 aliphatic heterocycles. The van der Waals surface area contributed by atoms with Crippen LogP contribution in [0.15, 0.2) is 47.6 Å². The third kappa shape index (κ3) is 6.67. The van der Waals surface area contributed by atoms with Crippen LogP contribution >= 0.6 is 11.8 Å². The van der Waals surface area contributed by atoms with Gasteiger partial charge in [0.15, 0.2) is 11.0 Å². The molecule has 2 aromatic carbocycles. The van der Waals surface area contributed by atoms with Gasteiger partial charge in [0.1, 0.15) is 5.82 Å². The third-order valence-electron chi connectivity index (χ3n) is 5.95. The topological polar surface area (TPSA) is 92.2 Å². The first-order valence-corrected chi connectivity index (χ1v) is 12.6. The highest BCUT2D eigenvalue weighted by atomic mass is 32.2. The van der Waals surface area contributed by atoms with Crippen LogP contribution in [0.25, 0.3) is 5.69 Å². The average molecular weight is 497 g/mol. The van der Waals surface area contributed by atoms with Gasteiger partial charge in [-0.25, -0.2) is 9.18 Å². The molecule has 184 valence electrons. The van der Waals surface area contributed by atoms with Crippen LogP contribution in [0.4, 0.5) is 14.9 Å². The average Bonchev–Trinajstić information content (AvgIpc) is 3.23. The van der Waals surface area contributed by atoms with Crippen LogP contribution in [-0.4, -0.2) is 50.4 Å². The molecule has 0 saturated carbocycles. The number of urea groups is 1. The molecule has 0 atom stereocenters. The first-order valence-electron chi connectivity index (χ1n) is 11.6. The van der Waals surface area contributed by atoms with E-state index in [2.05, 4.69) is 25.7 Å². The number of benzene rings is 2. The summed E-state index contributed by atoms with van der Waals surface area (Å²) in [6, 6.07) is 11.1. The maximum Gasteiger partial charge on any atom is 0.325 e. The molecule has 0 unspecified atom stereocenters. The van der Waals surface area contributed by atoms with Gasteiger partial charge in [0, 0.05) is 11.4 Å². The number of halogens is 1. The largest absolute Gasteiger partial charge is 0.325 e. The van der Waals surface area contributed by atoms with Gasteiger partial charge in [-0.05, 0) is 87.3 Å².